The van der Waals surface area contributed by atoms with Gasteiger partial charge in [-0.05, 0) is 24.6 Å². The van der Waals surface area contributed by atoms with E-state index in [4.69, 9.17) is 19.7 Å². The van der Waals surface area contributed by atoms with Gasteiger partial charge in [0.15, 0.2) is 5.84 Å². The van der Waals surface area contributed by atoms with Crippen molar-refractivity contribution in [3.8, 4) is 5.75 Å². The summed E-state index contributed by atoms with van der Waals surface area (Å²) in [6.45, 7) is 5.85. The van der Waals surface area contributed by atoms with E-state index in [1.807, 2.05) is 18.2 Å². The summed E-state index contributed by atoms with van der Waals surface area (Å²) in [7, 11) is 1.56. The highest BCUT2D eigenvalue weighted by molar-refractivity contribution is 6.02. The predicted octanol–water partition coefficient (Wildman–Crippen LogP) is 1.36. The molecule has 126 valence electrons. The molecule has 2 N–H and O–H groups in total. The summed E-state index contributed by atoms with van der Waals surface area (Å²) >= 11 is 0. The zero-order valence-corrected chi connectivity index (χ0v) is 13.5. The Bertz CT molecular complexity index is 546. The number of hydrogen-bond acceptors (Lipinski definition) is 6. The van der Waals surface area contributed by atoms with E-state index in [1.54, 1.807) is 7.11 Å². The molecule has 0 unspecified atom stereocenters. The quantitative estimate of drug-likeness (QED) is 0.771. The Labute approximate surface area is 136 Å². The van der Waals surface area contributed by atoms with Crippen LogP contribution in [-0.2, 0) is 9.57 Å². The van der Waals surface area contributed by atoms with Crippen molar-refractivity contribution in [1.82, 2.24) is 9.96 Å². The second kappa shape index (κ2) is 7.63. The van der Waals surface area contributed by atoms with Crippen LogP contribution in [0.2, 0.25) is 0 Å². The number of amidine groups is 1. The molecule has 1 fully saturated rings. The number of benzene rings is 1. The van der Waals surface area contributed by atoms with E-state index < -0.39 is 0 Å². The Kier molecular flexibility index (Phi) is 5.32. The van der Waals surface area contributed by atoms with Crippen molar-refractivity contribution in [1.29, 1.82) is 5.41 Å². The normalized spacial score (nSPS) is 18.5. The van der Waals surface area contributed by atoms with Gasteiger partial charge in [0.2, 0.25) is 0 Å². The number of anilines is 1. The fraction of sp³-hybridized carbons (Fsp3) is 0.562. The van der Waals surface area contributed by atoms with Gasteiger partial charge >= 0.3 is 0 Å². The van der Waals surface area contributed by atoms with Crippen LogP contribution in [0, 0.1) is 5.41 Å². The smallest absolute Gasteiger partial charge is 0.156 e. The van der Waals surface area contributed by atoms with E-state index in [1.165, 1.54) is 5.06 Å². The lowest BCUT2D eigenvalue weighted by Crippen LogP contribution is -2.39. The van der Waals surface area contributed by atoms with Crippen LogP contribution >= 0.6 is 0 Å². The molecule has 0 bridgehead atoms. The summed E-state index contributed by atoms with van der Waals surface area (Å²) in [4.78, 5) is 7.55. The third kappa shape index (κ3) is 3.93. The molecule has 23 heavy (non-hydrogen) atoms. The Morgan fingerprint density at radius 1 is 1.30 bits per heavy atom. The van der Waals surface area contributed by atoms with Crippen LogP contribution in [0.15, 0.2) is 18.2 Å². The second-order valence-corrected chi connectivity index (χ2v) is 5.61. The summed E-state index contributed by atoms with van der Waals surface area (Å²) in [6, 6.07) is 5.79. The molecule has 0 amide bonds. The topological polar surface area (TPSA) is 70.1 Å². The van der Waals surface area contributed by atoms with Crippen molar-refractivity contribution in [2.45, 2.75) is 6.42 Å². The lowest BCUT2D eigenvalue weighted by molar-refractivity contribution is -0.0602. The predicted molar refractivity (Wildman–Crippen MR) is 88.0 cm³/mol. The van der Waals surface area contributed by atoms with Crippen molar-refractivity contribution in [2.75, 3.05) is 58.6 Å². The summed E-state index contributed by atoms with van der Waals surface area (Å²) in [5.41, 5.74) is 1.73. The van der Waals surface area contributed by atoms with Crippen molar-refractivity contribution < 1.29 is 14.3 Å². The van der Waals surface area contributed by atoms with Crippen LogP contribution in [-0.4, -0.2) is 69.0 Å². The van der Waals surface area contributed by atoms with Gasteiger partial charge in [0.1, 0.15) is 12.4 Å². The van der Waals surface area contributed by atoms with E-state index in [0.29, 0.717) is 19.1 Å². The lowest BCUT2D eigenvalue weighted by atomic mass is 10.1. The largest absolute Gasteiger partial charge is 0.494 e. The Balaban J connectivity index is 1.51. The maximum atomic E-state index is 8.16. The number of hydrogen-bond donors (Lipinski definition) is 2. The van der Waals surface area contributed by atoms with E-state index in [-0.39, 0.29) is 0 Å². The van der Waals surface area contributed by atoms with Crippen molar-refractivity contribution >= 4 is 11.5 Å². The average Bonchev–Trinajstić information content (AvgIpc) is 2.60. The molecule has 0 radical (unpaired) electrons. The molecule has 0 aromatic heterocycles. The summed E-state index contributed by atoms with van der Waals surface area (Å²) in [5, 5.41) is 12.9. The number of hydroxylamine groups is 2. The number of morpholine rings is 1. The molecular formula is C16H24N4O3. The van der Waals surface area contributed by atoms with Crippen molar-refractivity contribution in [2.24, 2.45) is 0 Å². The van der Waals surface area contributed by atoms with Crippen molar-refractivity contribution in [3.05, 3.63) is 23.8 Å². The third-order valence-electron chi connectivity index (χ3n) is 4.12. The molecule has 1 aromatic carbocycles. The minimum atomic E-state index is 0.347. The number of nitrogens with one attached hydrogen (secondary N) is 2. The highest BCUT2D eigenvalue weighted by Crippen LogP contribution is 2.26. The van der Waals surface area contributed by atoms with Gasteiger partial charge in [-0.2, -0.15) is 0 Å². The molecule has 3 rings (SSSR count). The highest BCUT2D eigenvalue weighted by atomic mass is 16.7. The van der Waals surface area contributed by atoms with Gasteiger partial charge in [-0.25, -0.2) is 5.06 Å². The third-order valence-corrected chi connectivity index (χ3v) is 4.12. The Morgan fingerprint density at radius 3 is 2.91 bits per heavy atom. The number of ether oxygens (including phenoxy) is 2. The fourth-order valence-electron chi connectivity index (χ4n) is 2.79. The minimum Gasteiger partial charge on any atom is -0.494 e. The molecular weight excluding hydrogens is 296 g/mol. The number of rotatable bonds is 6. The summed E-state index contributed by atoms with van der Waals surface area (Å²) in [5.74, 6) is 1.13. The van der Waals surface area contributed by atoms with Crippen LogP contribution in [0.3, 0.4) is 0 Å². The molecule has 0 saturated carbocycles. The first-order valence-corrected chi connectivity index (χ1v) is 7.99. The molecule has 2 aliphatic heterocycles. The van der Waals surface area contributed by atoms with Crippen LogP contribution in [0.4, 0.5) is 5.69 Å². The standard InChI is InChI=1S/C16H24N4O3/c1-21-20-12-18-15-4-3-13(11-14(15)16(20)17)23-8-2-5-19-6-9-22-10-7-19/h3-4,11,17-18H,2,5-10,12H2,1H3. The average molecular weight is 320 g/mol. The van der Waals surface area contributed by atoms with Gasteiger partial charge in [-0.1, -0.05) is 0 Å². The van der Waals surface area contributed by atoms with E-state index in [0.717, 1.165) is 56.3 Å². The first-order valence-electron chi connectivity index (χ1n) is 7.99. The maximum absolute atomic E-state index is 8.16. The fourth-order valence-corrected chi connectivity index (χ4v) is 2.79. The van der Waals surface area contributed by atoms with E-state index in [9.17, 15) is 0 Å². The number of fused-ring (bicyclic) bond motifs is 1. The molecule has 0 spiro atoms. The van der Waals surface area contributed by atoms with Crippen molar-refractivity contribution in [3.63, 3.8) is 0 Å². The van der Waals surface area contributed by atoms with Gasteiger partial charge in [-0.3, -0.25) is 15.1 Å². The van der Waals surface area contributed by atoms with Crippen LogP contribution in [0.1, 0.15) is 12.0 Å². The maximum Gasteiger partial charge on any atom is 0.156 e. The van der Waals surface area contributed by atoms with E-state index >= 15 is 0 Å². The molecule has 2 heterocycles. The lowest BCUT2D eigenvalue weighted by Gasteiger charge is -2.29. The zero-order valence-electron chi connectivity index (χ0n) is 13.5. The highest BCUT2D eigenvalue weighted by Gasteiger charge is 2.21. The first-order chi connectivity index (χ1) is 11.3. The van der Waals surface area contributed by atoms with Gasteiger partial charge in [0.05, 0.1) is 26.9 Å². The Hall–Kier alpha value is -1.83. The molecule has 1 aromatic rings. The molecule has 2 aliphatic rings. The van der Waals surface area contributed by atoms with Gasteiger partial charge < -0.3 is 14.8 Å². The zero-order chi connectivity index (χ0) is 16.1. The van der Waals surface area contributed by atoms with E-state index in [2.05, 4.69) is 10.2 Å². The van der Waals surface area contributed by atoms with Gasteiger partial charge in [0, 0.05) is 30.9 Å². The van der Waals surface area contributed by atoms with Gasteiger partial charge in [0.25, 0.3) is 0 Å². The molecule has 0 aliphatic carbocycles. The second-order valence-electron chi connectivity index (χ2n) is 5.61. The molecule has 7 heteroatoms. The van der Waals surface area contributed by atoms with Gasteiger partial charge in [-0.15, -0.1) is 0 Å². The van der Waals surface area contributed by atoms with Crippen LogP contribution in [0.25, 0.3) is 0 Å². The first kappa shape index (κ1) is 16.0. The minimum absolute atomic E-state index is 0.347. The molecule has 7 nitrogen and oxygen atoms in total. The van der Waals surface area contributed by atoms with Crippen LogP contribution < -0.4 is 10.1 Å². The Morgan fingerprint density at radius 2 is 2.13 bits per heavy atom. The number of nitrogens with zero attached hydrogens (tertiary/aromatic N) is 2. The molecule has 0 atom stereocenters. The van der Waals surface area contributed by atoms with Crippen LogP contribution in [0.5, 0.6) is 5.75 Å². The molecule has 1 saturated heterocycles. The summed E-state index contributed by atoms with van der Waals surface area (Å²) in [6.07, 6.45) is 0.983. The summed E-state index contributed by atoms with van der Waals surface area (Å²) < 4.78 is 11.2. The SMILES string of the molecule is CON1CNc2ccc(OCCCN3CCOCC3)cc2C1=N. The monoisotopic (exact) mass is 320 g/mol.